The molecule has 1 aliphatic heterocycles. The van der Waals surface area contributed by atoms with E-state index in [4.69, 9.17) is 4.84 Å². The predicted octanol–water partition coefficient (Wildman–Crippen LogP) is 1.72. The first kappa shape index (κ1) is 11.6. The van der Waals surface area contributed by atoms with Crippen molar-refractivity contribution in [2.45, 2.75) is 19.4 Å². The molecule has 17 heavy (non-hydrogen) atoms. The van der Waals surface area contributed by atoms with Gasteiger partial charge in [0.1, 0.15) is 11.9 Å². The highest BCUT2D eigenvalue weighted by Crippen LogP contribution is 2.09. The molecule has 5 heteroatoms. The van der Waals surface area contributed by atoms with Crippen LogP contribution in [0.5, 0.6) is 0 Å². The van der Waals surface area contributed by atoms with Gasteiger partial charge in [0.25, 0.3) is 5.91 Å². The lowest BCUT2D eigenvalue weighted by Crippen LogP contribution is -2.32. The molecule has 90 valence electrons. The molecule has 1 aliphatic rings. The fraction of sp³-hybridized carbons (Fsp3) is 0.333. The summed E-state index contributed by atoms with van der Waals surface area (Å²) in [4.78, 5) is 16.7. The van der Waals surface area contributed by atoms with E-state index in [9.17, 15) is 9.18 Å². The summed E-state index contributed by atoms with van der Waals surface area (Å²) >= 11 is 0. The monoisotopic (exact) mass is 236 g/mol. The summed E-state index contributed by atoms with van der Waals surface area (Å²) in [5.74, 6) is -0.730. The van der Waals surface area contributed by atoms with Crippen molar-refractivity contribution < 1.29 is 14.0 Å². The maximum atomic E-state index is 12.9. The Morgan fingerprint density at radius 3 is 3.12 bits per heavy atom. The molecule has 0 saturated carbocycles. The summed E-state index contributed by atoms with van der Waals surface area (Å²) in [6.07, 6.45) is 0.594. The van der Waals surface area contributed by atoms with E-state index in [1.54, 1.807) is 6.07 Å². The minimum Gasteiger partial charge on any atom is -0.390 e. The summed E-state index contributed by atoms with van der Waals surface area (Å²) in [5, 5.41) is 6.47. The first-order valence-corrected chi connectivity index (χ1v) is 5.38. The van der Waals surface area contributed by atoms with Gasteiger partial charge in [-0.2, -0.15) is 0 Å². The summed E-state index contributed by atoms with van der Waals surface area (Å²) < 4.78 is 12.9. The standard InChI is InChI=1S/C12H13FN2O2/c1-8-5-11(17-15-8)7-14-12(16)9-3-2-4-10(13)6-9/h2-4,6,11H,5,7H2,1H3,(H,14,16)/t11-/m0/s1. The molecule has 0 radical (unpaired) electrons. The van der Waals surface area contributed by atoms with E-state index in [1.165, 1.54) is 18.2 Å². The van der Waals surface area contributed by atoms with Crippen molar-refractivity contribution >= 4 is 11.6 Å². The van der Waals surface area contributed by atoms with E-state index in [1.807, 2.05) is 6.92 Å². The average Bonchev–Trinajstić information content (AvgIpc) is 2.72. The second kappa shape index (κ2) is 4.95. The summed E-state index contributed by atoms with van der Waals surface area (Å²) in [6.45, 7) is 2.24. The van der Waals surface area contributed by atoms with Gasteiger partial charge in [0.2, 0.25) is 0 Å². The van der Waals surface area contributed by atoms with Crippen LogP contribution in [0.2, 0.25) is 0 Å². The first-order chi connectivity index (χ1) is 8.15. The van der Waals surface area contributed by atoms with Gasteiger partial charge in [0.05, 0.1) is 12.3 Å². The normalized spacial score (nSPS) is 18.5. The molecule has 0 unspecified atom stereocenters. The number of hydrogen-bond donors (Lipinski definition) is 1. The second-order valence-corrected chi connectivity index (χ2v) is 3.98. The first-order valence-electron chi connectivity index (χ1n) is 5.38. The summed E-state index contributed by atoms with van der Waals surface area (Å²) in [6, 6.07) is 5.57. The van der Waals surface area contributed by atoms with Gasteiger partial charge in [0.15, 0.2) is 0 Å². The van der Waals surface area contributed by atoms with Crippen molar-refractivity contribution in [3.63, 3.8) is 0 Å². The molecule has 4 nitrogen and oxygen atoms in total. The fourth-order valence-electron chi connectivity index (χ4n) is 1.62. The molecule has 1 N–H and O–H groups in total. The average molecular weight is 236 g/mol. The van der Waals surface area contributed by atoms with Gasteiger partial charge in [-0.05, 0) is 25.1 Å². The van der Waals surface area contributed by atoms with E-state index in [2.05, 4.69) is 10.5 Å². The Morgan fingerprint density at radius 1 is 1.65 bits per heavy atom. The summed E-state index contributed by atoms with van der Waals surface area (Å²) in [7, 11) is 0. The third-order valence-electron chi connectivity index (χ3n) is 2.46. The van der Waals surface area contributed by atoms with Crippen molar-refractivity contribution in [3.05, 3.63) is 35.6 Å². The van der Waals surface area contributed by atoms with Crippen LogP contribution < -0.4 is 5.32 Å². The van der Waals surface area contributed by atoms with Crippen LogP contribution in [0.1, 0.15) is 23.7 Å². The topological polar surface area (TPSA) is 50.7 Å². The van der Waals surface area contributed by atoms with Crippen LogP contribution in [0.25, 0.3) is 0 Å². The number of nitrogens with one attached hydrogen (secondary N) is 1. The molecule has 1 aromatic rings. The quantitative estimate of drug-likeness (QED) is 0.868. The Morgan fingerprint density at radius 2 is 2.47 bits per heavy atom. The van der Waals surface area contributed by atoms with E-state index >= 15 is 0 Å². The van der Waals surface area contributed by atoms with Crippen LogP contribution in [-0.2, 0) is 4.84 Å². The largest absolute Gasteiger partial charge is 0.390 e. The number of carbonyl (C=O) groups is 1. The van der Waals surface area contributed by atoms with Crippen LogP contribution in [0.4, 0.5) is 4.39 Å². The lowest BCUT2D eigenvalue weighted by Gasteiger charge is -2.09. The van der Waals surface area contributed by atoms with Crippen LogP contribution in [0.3, 0.4) is 0 Å². The number of benzene rings is 1. The number of hydrogen-bond acceptors (Lipinski definition) is 3. The maximum absolute atomic E-state index is 12.9. The zero-order chi connectivity index (χ0) is 12.3. The van der Waals surface area contributed by atoms with Crippen molar-refractivity contribution in [2.75, 3.05) is 6.54 Å². The molecular weight excluding hydrogens is 223 g/mol. The number of carbonyl (C=O) groups excluding carboxylic acids is 1. The second-order valence-electron chi connectivity index (χ2n) is 3.98. The zero-order valence-electron chi connectivity index (χ0n) is 9.44. The van der Waals surface area contributed by atoms with Crippen molar-refractivity contribution in [2.24, 2.45) is 5.16 Å². The summed E-state index contributed by atoms with van der Waals surface area (Å²) in [5.41, 5.74) is 1.22. The third kappa shape index (κ3) is 3.03. The van der Waals surface area contributed by atoms with Crippen LogP contribution in [0.15, 0.2) is 29.4 Å². The van der Waals surface area contributed by atoms with Crippen molar-refractivity contribution in [1.82, 2.24) is 5.32 Å². The molecule has 1 atom stereocenters. The van der Waals surface area contributed by atoms with E-state index in [0.29, 0.717) is 18.5 Å². The zero-order valence-corrected chi connectivity index (χ0v) is 9.44. The molecule has 1 amide bonds. The van der Waals surface area contributed by atoms with Crippen LogP contribution in [-0.4, -0.2) is 24.3 Å². The van der Waals surface area contributed by atoms with Gasteiger partial charge in [-0.15, -0.1) is 0 Å². The Bertz CT molecular complexity index is 460. The lowest BCUT2D eigenvalue weighted by atomic mass is 10.2. The van der Waals surface area contributed by atoms with Gasteiger partial charge in [0, 0.05) is 12.0 Å². The molecule has 0 saturated heterocycles. The highest BCUT2D eigenvalue weighted by Gasteiger charge is 2.18. The third-order valence-corrected chi connectivity index (χ3v) is 2.46. The number of rotatable bonds is 3. The molecule has 0 bridgehead atoms. The van der Waals surface area contributed by atoms with Crippen LogP contribution in [0, 0.1) is 5.82 Å². The Balaban J connectivity index is 1.86. The van der Waals surface area contributed by atoms with E-state index in [0.717, 1.165) is 5.71 Å². The Hall–Kier alpha value is -1.91. The van der Waals surface area contributed by atoms with Gasteiger partial charge in [-0.25, -0.2) is 4.39 Å². The fourth-order valence-corrected chi connectivity index (χ4v) is 1.62. The van der Waals surface area contributed by atoms with Gasteiger partial charge in [-0.1, -0.05) is 11.2 Å². The minimum atomic E-state index is -0.422. The minimum absolute atomic E-state index is 0.118. The SMILES string of the molecule is CC1=NO[C@H](CNC(=O)c2cccc(F)c2)C1. The predicted molar refractivity (Wildman–Crippen MR) is 61.3 cm³/mol. The Labute approximate surface area is 98.5 Å². The van der Waals surface area contributed by atoms with Crippen molar-refractivity contribution in [3.8, 4) is 0 Å². The highest BCUT2D eigenvalue weighted by atomic mass is 19.1. The molecule has 2 rings (SSSR count). The number of amides is 1. The van der Waals surface area contributed by atoms with E-state index < -0.39 is 5.82 Å². The molecule has 0 aromatic heterocycles. The lowest BCUT2D eigenvalue weighted by molar-refractivity contribution is 0.0753. The van der Waals surface area contributed by atoms with Crippen molar-refractivity contribution in [1.29, 1.82) is 0 Å². The number of nitrogens with zero attached hydrogens (tertiary/aromatic N) is 1. The molecule has 1 heterocycles. The van der Waals surface area contributed by atoms with E-state index in [-0.39, 0.29) is 12.0 Å². The molecule has 0 fully saturated rings. The smallest absolute Gasteiger partial charge is 0.251 e. The van der Waals surface area contributed by atoms with Gasteiger partial charge in [-0.3, -0.25) is 4.79 Å². The molecular formula is C12H13FN2O2. The number of halogens is 1. The molecule has 1 aromatic carbocycles. The van der Waals surface area contributed by atoms with Gasteiger partial charge >= 0.3 is 0 Å². The highest BCUT2D eigenvalue weighted by molar-refractivity contribution is 5.94. The number of oxime groups is 1. The molecule has 0 spiro atoms. The Kier molecular flexibility index (Phi) is 3.37. The molecule has 0 aliphatic carbocycles. The van der Waals surface area contributed by atoms with Gasteiger partial charge < -0.3 is 10.2 Å². The maximum Gasteiger partial charge on any atom is 0.251 e. The van der Waals surface area contributed by atoms with Crippen LogP contribution >= 0.6 is 0 Å².